The van der Waals surface area contributed by atoms with E-state index in [2.05, 4.69) is 40.2 Å². The second-order valence-electron chi connectivity index (χ2n) is 6.99. The normalized spacial score (nSPS) is 16.8. The molecule has 1 atom stereocenters. The molecule has 28 heavy (non-hydrogen) atoms. The molecule has 7 nitrogen and oxygen atoms in total. The van der Waals surface area contributed by atoms with Crippen LogP contribution in [0, 0.1) is 0 Å². The third-order valence-corrected chi connectivity index (χ3v) is 5.84. The number of benzene rings is 1. The Kier molecular flexibility index (Phi) is 7.08. The third kappa shape index (κ3) is 5.34. The monoisotopic (exact) mass is 400 g/mol. The molecule has 2 aromatic rings. The molecule has 3 N–H and O–H groups in total. The summed E-state index contributed by atoms with van der Waals surface area (Å²) in [5.74, 6) is 2.32. The van der Waals surface area contributed by atoms with Crippen LogP contribution in [0.3, 0.4) is 0 Å². The Balaban J connectivity index is 1.59. The Hall–Kier alpha value is -2.35. The quantitative estimate of drug-likeness (QED) is 0.735. The van der Waals surface area contributed by atoms with Gasteiger partial charge in [-0.2, -0.15) is 15.0 Å². The molecule has 8 heteroatoms. The molecule has 0 saturated carbocycles. The Morgan fingerprint density at radius 1 is 1.29 bits per heavy atom. The maximum atomic E-state index is 12.5. The predicted octanol–water partition coefficient (Wildman–Crippen LogP) is 3.39. The van der Waals surface area contributed by atoms with E-state index in [-0.39, 0.29) is 11.9 Å². The van der Waals surface area contributed by atoms with Crippen LogP contribution >= 0.6 is 11.8 Å². The SMILES string of the molecule is CCc1ccccc1Nc1nc(N)nc(CSCC(=O)N2CCCCC2C)n1. The van der Waals surface area contributed by atoms with E-state index in [1.54, 1.807) is 0 Å². The van der Waals surface area contributed by atoms with Crippen LogP contribution in [0.4, 0.5) is 17.6 Å². The zero-order valence-electron chi connectivity index (χ0n) is 16.5. The molecule has 1 amide bonds. The molecule has 0 spiro atoms. The number of rotatable bonds is 7. The smallest absolute Gasteiger partial charge is 0.232 e. The number of anilines is 3. The third-order valence-electron chi connectivity index (χ3n) is 4.92. The summed E-state index contributed by atoms with van der Waals surface area (Å²) in [6.07, 6.45) is 4.30. The van der Waals surface area contributed by atoms with Crippen LogP contribution in [0.1, 0.15) is 44.5 Å². The molecular formula is C20H28N6OS. The second-order valence-corrected chi connectivity index (χ2v) is 7.98. The van der Waals surface area contributed by atoms with E-state index in [9.17, 15) is 4.79 Å². The number of amides is 1. The molecule has 3 rings (SSSR count). The fourth-order valence-electron chi connectivity index (χ4n) is 3.41. The van der Waals surface area contributed by atoms with E-state index in [0.717, 1.165) is 31.5 Å². The summed E-state index contributed by atoms with van der Waals surface area (Å²) in [5.41, 5.74) is 8.00. The highest BCUT2D eigenvalue weighted by atomic mass is 32.2. The van der Waals surface area contributed by atoms with Crippen LogP contribution < -0.4 is 11.1 Å². The average molecular weight is 401 g/mol. The minimum atomic E-state index is 0.179. The average Bonchev–Trinajstić information content (AvgIpc) is 2.68. The maximum absolute atomic E-state index is 12.5. The van der Waals surface area contributed by atoms with Gasteiger partial charge in [-0.3, -0.25) is 4.79 Å². The van der Waals surface area contributed by atoms with Crippen molar-refractivity contribution in [3.8, 4) is 0 Å². The topological polar surface area (TPSA) is 97.0 Å². The highest BCUT2D eigenvalue weighted by molar-refractivity contribution is 7.99. The number of hydrogen-bond donors (Lipinski definition) is 2. The van der Waals surface area contributed by atoms with Gasteiger partial charge in [-0.25, -0.2) is 0 Å². The van der Waals surface area contributed by atoms with Gasteiger partial charge in [-0.1, -0.05) is 25.1 Å². The highest BCUT2D eigenvalue weighted by Gasteiger charge is 2.22. The first-order chi connectivity index (χ1) is 13.6. The molecule has 150 valence electrons. The van der Waals surface area contributed by atoms with Gasteiger partial charge in [0.2, 0.25) is 17.8 Å². The fraction of sp³-hybridized carbons (Fsp3) is 0.500. The van der Waals surface area contributed by atoms with Crippen molar-refractivity contribution < 1.29 is 4.79 Å². The van der Waals surface area contributed by atoms with E-state index < -0.39 is 0 Å². The maximum Gasteiger partial charge on any atom is 0.232 e. The fourth-order valence-corrected chi connectivity index (χ4v) is 4.16. The summed E-state index contributed by atoms with van der Waals surface area (Å²) in [5, 5.41) is 3.23. The number of para-hydroxylation sites is 1. The van der Waals surface area contributed by atoms with E-state index >= 15 is 0 Å². The molecule has 1 aliphatic heterocycles. The van der Waals surface area contributed by atoms with Gasteiger partial charge in [0, 0.05) is 18.3 Å². The first kappa shape index (κ1) is 20.4. The van der Waals surface area contributed by atoms with Crippen LogP contribution in [0.25, 0.3) is 0 Å². The van der Waals surface area contributed by atoms with E-state index in [4.69, 9.17) is 5.73 Å². The lowest BCUT2D eigenvalue weighted by molar-refractivity contribution is -0.131. The van der Waals surface area contributed by atoms with Crippen LogP contribution in [-0.2, 0) is 17.0 Å². The number of nitrogens with zero attached hydrogens (tertiary/aromatic N) is 4. The number of likely N-dealkylation sites (tertiary alicyclic amines) is 1. The van der Waals surface area contributed by atoms with Crippen LogP contribution in [0.15, 0.2) is 24.3 Å². The van der Waals surface area contributed by atoms with E-state index in [0.29, 0.717) is 29.3 Å². The minimum Gasteiger partial charge on any atom is -0.368 e. The lowest BCUT2D eigenvalue weighted by Crippen LogP contribution is -2.42. The molecule has 0 bridgehead atoms. The number of carbonyl (C=O) groups is 1. The Morgan fingerprint density at radius 3 is 2.89 bits per heavy atom. The lowest BCUT2D eigenvalue weighted by Gasteiger charge is -2.33. The molecule has 1 unspecified atom stereocenters. The van der Waals surface area contributed by atoms with Crippen LogP contribution in [-0.4, -0.2) is 44.1 Å². The van der Waals surface area contributed by atoms with Gasteiger partial charge in [-0.15, -0.1) is 11.8 Å². The van der Waals surface area contributed by atoms with Gasteiger partial charge in [0.1, 0.15) is 5.82 Å². The number of thioether (sulfide) groups is 1. The van der Waals surface area contributed by atoms with Gasteiger partial charge in [0.25, 0.3) is 0 Å². The first-order valence-electron chi connectivity index (χ1n) is 9.79. The predicted molar refractivity (Wildman–Crippen MR) is 115 cm³/mol. The van der Waals surface area contributed by atoms with Gasteiger partial charge < -0.3 is 16.0 Å². The van der Waals surface area contributed by atoms with Crippen molar-refractivity contribution in [3.63, 3.8) is 0 Å². The van der Waals surface area contributed by atoms with Gasteiger partial charge in [0.15, 0.2) is 0 Å². The summed E-state index contributed by atoms with van der Waals surface area (Å²) in [7, 11) is 0. The minimum absolute atomic E-state index is 0.179. The number of aromatic nitrogens is 3. The number of piperidine rings is 1. The van der Waals surface area contributed by atoms with E-state index in [1.165, 1.54) is 23.7 Å². The molecule has 1 aliphatic rings. The second kappa shape index (κ2) is 9.73. The molecule has 1 aromatic heterocycles. The van der Waals surface area contributed by atoms with Crippen molar-refractivity contribution in [2.75, 3.05) is 23.3 Å². The summed E-state index contributed by atoms with van der Waals surface area (Å²) in [6.45, 7) is 5.09. The molecular weight excluding hydrogens is 372 g/mol. The van der Waals surface area contributed by atoms with E-state index in [1.807, 2.05) is 23.1 Å². The Morgan fingerprint density at radius 2 is 2.11 bits per heavy atom. The van der Waals surface area contributed by atoms with Crippen molar-refractivity contribution in [2.45, 2.75) is 51.3 Å². The van der Waals surface area contributed by atoms with Crippen LogP contribution in [0.5, 0.6) is 0 Å². The van der Waals surface area contributed by atoms with Crippen molar-refractivity contribution in [2.24, 2.45) is 0 Å². The largest absolute Gasteiger partial charge is 0.368 e. The molecule has 1 saturated heterocycles. The molecule has 1 fully saturated rings. The zero-order valence-corrected chi connectivity index (χ0v) is 17.3. The van der Waals surface area contributed by atoms with Crippen molar-refractivity contribution in [1.29, 1.82) is 0 Å². The van der Waals surface area contributed by atoms with Crippen molar-refractivity contribution >= 4 is 35.3 Å². The summed E-state index contributed by atoms with van der Waals surface area (Å²) in [4.78, 5) is 27.3. The zero-order chi connectivity index (χ0) is 19.9. The molecule has 0 radical (unpaired) electrons. The first-order valence-corrected chi connectivity index (χ1v) is 10.9. The molecule has 0 aliphatic carbocycles. The van der Waals surface area contributed by atoms with Gasteiger partial charge in [0.05, 0.1) is 11.5 Å². The Bertz CT molecular complexity index is 815. The number of nitrogen functional groups attached to an aromatic ring is 1. The number of nitrogens with two attached hydrogens (primary N) is 1. The Labute approximate surface area is 170 Å². The van der Waals surface area contributed by atoms with Gasteiger partial charge >= 0.3 is 0 Å². The van der Waals surface area contributed by atoms with Crippen molar-refractivity contribution in [1.82, 2.24) is 19.9 Å². The summed E-state index contributed by atoms with van der Waals surface area (Å²) in [6, 6.07) is 8.37. The molecule has 1 aromatic carbocycles. The number of carbonyl (C=O) groups excluding carboxylic acids is 1. The number of hydrogen-bond acceptors (Lipinski definition) is 7. The number of nitrogens with one attached hydrogen (secondary N) is 1. The summed E-state index contributed by atoms with van der Waals surface area (Å²) >= 11 is 1.51. The van der Waals surface area contributed by atoms with Gasteiger partial charge in [-0.05, 0) is 44.2 Å². The van der Waals surface area contributed by atoms with Crippen LogP contribution in [0.2, 0.25) is 0 Å². The highest BCUT2D eigenvalue weighted by Crippen LogP contribution is 2.21. The number of aryl methyl sites for hydroxylation is 1. The molecule has 2 heterocycles. The summed E-state index contributed by atoms with van der Waals surface area (Å²) < 4.78 is 0. The van der Waals surface area contributed by atoms with Crippen molar-refractivity contribution in [3.05, 3.63) is 35.7 Å². The lowest BCUT2D eigenvalue weighted by atomic mass is 10.0. The standard InChI is InChI=1S/C20H28N6OS/c1-3-15-9-4-5-10-16(15)22-20-24-17(23-19(21)25-20)12-28-13-18(27)26-11-7-6-8-14(26)2/h4-5,9-10,14H,3,6-8,11-13H2,1-2H3,(H3,21,22,23,24,25).